The molecule has 1 aromatic rings. The van der Waals surface area contributed by atoms with Crippen LogP contribution in [-0.4, -0.2) is 11.5 Å². The highest BCUT2D eigenvalue weighted by atomic mass is 32.2. The smallest absolute Gasteiger partial charge is 0.126 e. The first-order valence-corrected chi connectivity index (χ1v) is 6.32. The molecule has 0 bridgehead atoms. The predicted octanol–water partition coefficient (Wildman–Crippen LogP) is 2.61. The number of halogens is 2. The molecule has 0 amide bonds. The molecule has 2 nitrogen and oxygen atoms in total. The number of rotatable bonds is 6. The van der Waals surface area contributed by atoms with Gasteiger partial charge < -0.3 is 0 Å². The van der Waals surface area contributed by atoms with Crippen LogP contribution in [0.3, 0.4) is 0 Å². The van der Waals surface area contributed by atoms with Crippen molar-refractivity contribution < 1.29 is 8.78 Å². The summed E-state index contributed by atoms with van der Waals surface area (Å²) in [5, 5.41) is 0. The fraction of sp³-hybridized carbons (Fsp3) is 0.455. The predicted molar refractivity (Wildman–Crippen MR) is 64.0 cm³/mol. The molecule has 1 rings (SSSR count). The van der Waals surface area contributed by atoms with Gasteiger partial charge >= 0.3 is 0 Å². The maximum absolute atomic E-state index is 13.0. The minimum Gasteiger partial charge on any atom is -0.271 e. The van der Waals surface area contributed by atoms with E-state index in [1.54, 1.807) is 11.8 Å². The Hall–Kier alpha value is -0.650. The van der Waals surface area contributed by atoms with Gasteiger partial charge in [-0.05, 0) is 29.9 Å². The van der Waals surface area contributed by atoms with E-state index >= 15 is 0 Å². The first-order chi connectivity index (χ1) is 7.67. The molecule has 0 heterocycles. The van der Waals surface area contributed by atoms with Gasteiger partial charge in [0, 0.05) is 11.8 Å². The average molecular weight is 246 g/mol. The van der Waals surface area contributed by atoms with Crippen LogP contribution in [0.15, 0.2) is 18.2 Å². The summed E-state index contributed by atoms with van der Waals surface area (Å²) in [5.41, 5.74) is 3.12. The molecule has 0 saturated heterocycles. The first-order valence-electron chi connectivity index (χ1n) is 5.17. The number of thioether (sulfide) groups is 1. The fourth-order valence-corrected chi connectivity index (χ4v) is 2.34. The van der Waals surface area contributed by atoms with Gasteiger partial charge in [-0.3, -0.25) is 11.3 Å². The molecule has 1 atom stereocenters. The van der Waals surface area contributed by atoms with Crippen molar-refractivity contribution in [1.82, 2.24) is 5.43 Å². The van der Waals surface area contributed by atoms with Crippen molar-refractivity contribution in [2.75, 3.05) is 11.5 Å². The standard InChI is InChI=1S/C11H16F2N2S/c1-2-3-16-7-11(15-14)8-4-9(12)6-10(13)5-8/h4-6,11,15H,2-3,7,14H2,1H3. The molecule has 16 heavy (non-hydrogen) atoms. The molecule has 0 aromatic heterocycles. The Labute approximate surface area is 98.6 Å². The molecule has 1 aromatic carbocycles. The van der Waals surface area contributed by atoms with E-state index in [4.69, 9.17) is 5.84 Å². The van der Waals surface area contributed by atoms with Gasteiger partial charge in [0.15, 0.2) is 0 Å². The van der Waals surface area contributed by atoms with Crippen molar-refractivity contribution >= 4 is 11.8 Å². The van der Waals surface area contributed by atoms with Gasteiger partial charge in [-0.25, -0.2) is 8.78 Å². The van der Waals surface area contributed by atoms with Crippen molar-refractivity contribution in [2.24, 2.45) is 5.84 Å². The Kier molecular flexibility index (Phi) is 5.73. The van der Waals surface area contributed by atoms with Crippen LogP contribution in [0, 0.1) is 11.6 Å². The molecule has 0 radical (unpaired) electrons. The summed E-state index contributed by atoms with van der Waals surface area (Å²) < 4.78 is 26.0. The molecule has 0 aliphatic rings. The molecular weight excluding hydrogens is 230 g/mol. The number of hydrazine groups is 1. The van der Waals surface area contributed by atoms with Gasteiger partial charge in [-0.1, -0.05) is 6.92 Å². The highest BCUT2D eigenvalue weighted by Crippen LogP contribution is 2.20. The number of nitrogens with two attached hydrogens (primary N) is 1. The zero-order valence-corrected chi connectivity index (χ0v) is 9.99. The van der Waals surface area contributed by atoms with Crippen molar-refractivity contribution in [3.05, 3.63) is 35.4 Å². The van der Waals surface area contributed by atoms with Crippen LogP contribution in [0.4, 0.5) is 8.78 Å². The van der Waals surface area contributed by atoms with Crippen molar-refractivity contribution in [1.29, 1.82) is 0 Å². The average Bonchev–Trinajstić information content (AvgIpc) is 2.23. The third kappa shape index (κ3) is 4.08. The van der Waals surface area contributed by atoms with E-state index in [2.05, 4.69) is 12.3 Å². The Morgan fingerprint density at radius 3 is 2.44 bits per heavy atom. The molecule has 0 aliphatic carbocycles. The summed E-state index contributed by atoms with van der Waals surface area (Å²) in [4.78, 5) is 0. The van der Waals surface area contributed by atoms with Crippen molar-refractivity contribution in [3.8, 4) is 0 Å². The van der Waals surface area contributed by atoms with Crippen molar-refractivity contribution in [2.45, 2.75) is 19.4 Å². The molecule has 1 unspecified atom stereocenters. The van der Waals surface area contributed by atoms with Crippen molar-refractivity contribution in [3.63, 3.8) is 0 Å². The summed E-state index contributed by atoms with van der Waals surface area (Å²) >= 11 is 1.71. The van der Waals surface area contributed by atoms with Gasteiger partial charge in [0.2, 0.25) is 0 Å². The maximum atomic E-state index is 13.0. The lowest BCUT2D eigenvalue weighted by atomic mass is 10.1. The largest absolute Gasteiger partial charge is 0.271 e. The van der Waals surface area contributed by atoms with E-state index in [1.165, 1.54) is 12.1 Å². The third-order valence-corrected chi connectivity index (χ3v) is 3.39. The Morgan fingerprint density at radius 2 is 1.94 bits per heavy atom. The van der Waals surface area contributed by atoms with E-state index in [9.17, 15) is 8.78 Å². The summed E-state index contributed by atoms with van der Waals surface area (Å²) in [7, 11) is 0. The monoisotopic (exact) mass is 246 g/mol. The second-order valence-corrected chi connectivity index (χ2v) is 4.65. The molecule has 3 N–H and O–H groups in total. The summed E-state index contributed by atoms with van der Waals surface area (Å²) in [6.45, 7) is 2.08. The van der Waals surface area contributed by atoms with Crippen LogP contribution in [0.5, 0.6) is 0 Å². The summed E-state index contributed by atoms with van der Waals surface area (Å²) in [5.74, 6) is 5.94. The number of hydrogen-bond acceptors (Lipinski definition) is 3. The van der Waals surface area contributed by atoms with Gasteiger partial charge in [0.05, 0.1) is 6.04 Å². The zero-order valence-electron chi connectivity index (χ0n) is 9.17. The van der Waals surface area contributed by atoms with Crippen LogP contribution < -0.4 is 11.3 Å². The second-order valence-electron chi connectivity index (χ2n) is 3.50. The SMILES string of the molecule is CCCSCC(NN)c1cc(F)cc(F)c1. The molecule has 0 aliphatic heterocycles. The van der Waals surface area contributed by atoms with E-state index in [0.29, 0.717) is 11.3 Å². The molecule has 90 valence electrons. The fourth-order valence-electron chi connectivity index (χ4n) is 1.36. The van der Waals surface area contributed by atoms with Crippen LogP contribution >= 0.6 is 11.8 Å². The molecule has 0 spiro atoms. The minimum atomic E-state index is -0.573. The Bertz CT molecular complexity index is 314. The van der Waals surface area contributed by atoms with Gasteiger partial charge in [-0.15, -0.1) is 0 Å². The summed E-state index contributed by atoms with van der Waals surface area (Å²) in [6.07, 6.45) is 1.07. The molecule has 0 fully saturated rings. The van der Waals surface area contributed by atoms with E-state index in [-0.39, 0.29) is 6.04 Å². The quantitative estimate of drug-likeness (QED) is 0.460. The highest BCUT2D eigenvalue weighted by Gasteiger charge is 2.11. The van der Waals surface area contributed by atoms with Crippen LogP contribution in [-0.2, 0) is 0 Å². The number of hydrogen-bond donors (Lipinski definition) is 2. The minimum absolute atomic E-state index is 0.221. The second kappa shape index (κ2) is 6.83. The number of benzene rings is 1. The van der Waals surface area contributed by atoms with E-state index < -0.39 is 11.6 Å². The van der Waals surface area contributed by atoms with Crippen LogP contribution in [0.25, 0.3) is 0 Å². The van der Waals surface area contributed by atoms with E-state index in [0.717, 1.165) is 18.2 Å². The molecular formula is C11H16F2N2S. The zero-order chi connectivity index (χ0) is 12.0. The first kappa shape index (κ1) is 13.4. The topological polar surface area (TPSA) is 38.0 Å². The van der Waals surface area contributed by atoms with Gasteiger partial charge in [0.25, 0.3) is 0 Å². The summed E-state index contributed by atoms with van der Waals surface area (Å²) in [6, 6.07) is 3.25. The lowest BCUT2D eigenvalue weighted by Gasteiger charge is -2.16. The highest BCUT2D eigenvalue weighted by molar-refractivity contribution is 7.99. The lowest BCUT2D eigenvalue weighted by molar-refractivity contribution is 0.559. The van der Waals surface area contributed by atoms with Gasteiger partial charge in [-0.2, -0.15) is 11.8 Å². The third-order valence-electron chi connectivity index (χ3n) is 2.12. The molecule has 5 heteroatoms. The Morgan fingerprint density at radius 1 is 1.31 bits per heavy atom. The van der Waals surface area contributed by atoms with Crippen LogP contribution in [0.1, 0.15) is 24.9 Å². The Balaban J connectivity index is 2.70. The lowest BCUT2D eigenvalue weighted by Crippen LogP contribution is -2.30. The van der Waals surface area contributed by atoms with E-state index in [1.807, 2.05) is 0 Å². The maximum Gasteiger partial charge on any atom is 0.126 e. The number of nitrogens with one attached hydrogen (secondary N) is 1. The van der Waals surface area contributed by atoms with Gasteiger partial charge in [0.1, 0.15) is 11.6 Å². The normalized spacial score (nSPS) is 12.8. The molecule has 0 saturated carbocycles. The van der Waals surface area contributed by atoms with Crippen LogP contribution in [0.2, 0.25) is 0 Å².